The van der Waals surface area contributed by atoms with Gasteiger partial charge in [-0.2, -0.15) is 0 Å². The molecule has 0 unspecified atom stereocenters. The van der Waals surface area contributed by atoms with E-state index in [9.17, 15) is 19.8 Å². The van der Waals surface area contributed by atoms with Crippen molar-refractivity contribution in [1.29, 1.82) is 0 Å². The Labute approximate surface area is 232 Å². The Morgan fingerprint density at radius 1 is 0.564 bits per heavy atom. The van der Waals surface area contributed by atoms with Gasteiger partial charge >= 0.3 is 11.9 Å². The Balaban J connectivity index is 1.42. The Morgan fingerprint density at radius 3 is 1.26 bits per heavy atom. The molecule has 4 fully saturated rings. The minimum atomic E-state index is -0.924. The van der Waals surface area contributed by atoms with Crippen LogP contribution in [-0.2, 0) is 0 Å². The van der Waals surface area contributed by atoms with Crippen LogP contribution in [0.15, 0.2) is 24.3 Å². The van der Waals surface area contributed by atoms with Crippen molar-refractivity contribution >= 4 is 11.9 Å². The summed E-state index contributed by atoms with van der Waals surface area (Å²) in [5.74, 6) is 0.718. The molecule has 2 aromatic carbocycles. The quantitative estimate of drug-likeness (QED) is 0.276. The lowest BCUT2D eigenvalue weighted by atomic mass is 9.86. The van der Waals surface area contributed by atoms with Crippen LogP contribution < -0.4 is 4.74 Å². The van der Waals surface area contributed by atoms with Gasteiger partial charge in [-0.05, 0) is 122 Å². The molecule has 0 aliphatic heterocycles. The molecular formula is C34H42O5. The number of carbonyl (C=O) groups excluding carboxylic acids is 1. The highest BCUT2D eigenvalue weighted by Gasteiger charge is 2.32. The molecule has 39 heavy (non-hydrogen) atoms. The molecule has 0 spiro atoms. The highest BCUT2D eigenvalue weighted by Crippen LogP contribution is 2.48. The predicted octanol–water partition coefficient (Wildman–Crippen LogP) is 8.94. The molecule has 0 saturated heterocycles. The average molecular weight is 531 g/mol. The van der Waals surface area contributed by atoms with E-state index in [0.717, 1.165) is 125 Å². The van der Waals surface area contributed by atoms with Crippen LogP contribution in [0.2, 0.25) is 0 Å². The first-order chi connectivity index (χ1) is 19.0. The zero-order valence-electron chi connectivity index (χ0n) is 23.1. The van der Waals surface area contributed by atoms with Crippen molar-refractivity contribution in [3.63, 3.8) is 0 Å². The van der Waals surface area contributed by atoms with Gasteiger partial charge in [-0.25, -0.2) is 9.59 Å². The van der Waals surface area contributed by atoms with Crippen LogP contribution >= 0.6 is 0 Å². The van der Waals surface area contributed by atoms with Crippen LogP contribution in [0.25, 0.3) is 0 Å². The highest BCUT2D eigenvalue weighted by molar-refractivity contribution is 5.93. The molecule has 5 heteroatoms. The Hall–Kier alpha value is -2.82. The summed E-state index contributed by atoms with van der Waals surface area (Å²) in [6, 6.07) is 7.32. The second-order valence-corrected chi connectivity index (χ2v) is 12.6. The standard InChI is InChI=1S/C34H42O5/c35-31-27(21-9-1-2-10-21)19-26(20-28(31)22-11-3-4-12-22)34(38)39-32-29(23-13-5-6-14-23)17-25(33(36)37)18-30(32)24-15-7-8-16-24/h17-24,35H,1-16H2,(H,36,37). The molecule has 208 valence electrons. The summed E-state index contributed by atoms with van der Waals surface area (Å²) in [7, 11) is 0. The van der Waals surface area contributed by atoms with E-state index in [2.05, 4.69) is 0 Å². The molecule has 0 aromatic heterocycles. The number of aromatic carboxylic acids is 1. The van der Waals surface area contributed by atoms with Gasteiger partial charge < -0.3 is 14.9 Å². The van der Waals surface area contributed by atoms with Crippen molar-refractivity contribution in [2.24, 2.45) is 0 Å². The summed E-state index contributed by atoms with van der Waals surface area (Å²) < 4.78 is 6.38. The smallest absolute Gasteiger partial charge is 0.343 e. The first-order valence-corrected chi connectivity index (χ1v) is 15.5. The second-order valence-electron chi connectivity index (χ2n) is 12.6. The van der Waals surface area contributed by atoms with E-state index in [1.165, 1.54) is 0 Å². The number of rotatable bonds is 7. The van der Waals surface area contributed by atoms with Gasteiger partial charge in [-0.15, -0.1) is 0 Å². The van der Waals surface area contributed by atoms with Crippen LogP contribution in [0.4, 0.5) is 0 Å². The van der Waals surface area contributed by atoms with E-state index in [-0.39, 0.29) is 29.6 Å². The molecule has 2 aromatic rings. The zero-order valence-corrected chi connectivity index (χ0v) is 23.1. The van der Waals surface area contributed by atoms with Crippen LogP contribution in [0, 0.1) is 0 Å². The van der Waals surface area contributed by atoms with Crippen molar-refractivity contribution in [3.05, 3.63) is 57.6 Å². The first-order valence-electron chi connectivity index (χ1n) is 15.5. The fourth-order valence-electron chi connectivity index (χ4n) is 8.04. The molecule has 0 radical (unpaired) electrons. The summed E-state index contributed by atoms with van der Waals surface area (Å²) in [5, 5.41) is 21.3. The van der Waals surface area contributed by atoms with Crippen LogP contribution in [0.3, 0.4) is 0 Å². The summed E-state index contributed by atoms with van der Waals surface area (Å²) in [6.07, 6.45) is 17.2. The summed E-state index contributed by atoms with van der Waals surface area (Å²) in [5.41, 5.74) is 4.44. The average Bonchev–Trinajstić information content (AvgIpc) is 3.77. The van der Waals surface area contributed by atoms with Crippen molar-refractivity contribution in [3.8, 4) is 11.5 Å². The number of ether oxygens (including phenoxy) is 1. The lowest BCUT2D eigenvalue weighted by Crippen LogP contribution is -2.16. The maximum atomic E-state index is 14.0. The van der Waals surface area contributed by atoms with Crippen molar-refractivity contribution in [1.82, 2.24) is 0 Å². The van der Waals surface area contributed by atoms with Crippen LogP contribution in [0.1, 0.15) is 169 Å². The summed E-state index contributed by atoms with van der Waals surface area (Å²) >= 11 is 0. The molecule has 4 aliphatic carbocycles. The number of carbonyl (C=O) groups is 2. The maximum absolute atomic E-state index is 14.0. The van der Waals surface area contributed by atoms with E-state index in [1.807, 2.05) is 12.1 Å². The maximum Gasteiger partial charge on any atom is 0.343 e. The molecule has 6 rings (SSSR count). The number of hydrogen-bond acceptors (Lipinski definition) is 4. The van der Waals surface area contributed by atoms with Crippen LogP contribution in [0.5, 0.6) is 11.5 Å². The Bertz CT molecular complexity index is 1150. The van der Waals surface area contributed by atoms with Crippen LogP contribution in [-0.4, -0.2) is 22.2 Å². The fraction of sp³-hybridized carbons (Fsp3) is 0.588. The van der Waals surface area contributed by atoms with Gasteiger partial charge in [0.2, 0.25) is 0 Å². The Morgan fingerprint density at radius 2 is 0.897 bits per heavy atom. The third kappa shape index (κ3) is 5.34. The lowest BCUT2D eigenvalue weighted by molar-refractivity contribution is 0.0696. The lowest BCUT2D eigenvalue weighted by Gasteiger charge is -2.23. The van der Waals surface area contributed by atoms with Gasteiger partial charge in [-0.1, -0.05) is 51.4 Å². The number of phenols is 1. The molecule has 2 N–H and O–H groups in total. The summed E-state index contributed by atoms with van der Waals surface area (Å²) in [6.45, 7) is 0. The molecule has 0 bridgehead atoms. The van der Waals surface area contributed by atoms with Gasteiger partial charge in [0.05, 0.1) is 11.1 Å². The van der Waals surface area contributed by atoms with Crippen molar-refractivity contribution < 1.29 is 24.5 Å². The largest absolute Gasteiger partial charge is 0.507 e. The molecule has 5 nitrogen and oxygen atoms in total. The van der Waals surface area contributed by atoms with E-state index in [0.29, 0.717) is 22.6 Å². The molecule has 4 saturated carbocycles. The highest BCUT2D eigenvalue weighted by atomic mass is 16.5. The van der Waals surface area contributed by atoms with Crippen molar-refractivity contribution in [2.45, 2.75) is 126 Å². The normalized spacial score (nSPS) is 21.2. The number of aromatic hydroxyl groups is 1. The molecular weight excluding hydrogens is 488 g/mol. The SMILES string of the molecule is O=C(O)c1cc(C2CCCC2)c(OC(=O)c2cc(C3CCCC3)c(O)c(C3CCCC3)c2)c(C2CCCC2)c1. The minimum absolute atomic E-state index is 0.218. The van der Waals surface area contributed by atoms with E-state index < -0.39 is 5.97 Å². The number of esters is 1. The van der Waals surface area contributed by atoms with Gasteiger partial charge in [0.15, 0.2) is 0 Å². The third-order valence-corrected chi connectivity index (χ3v) is 10.2. The van der Waals surface area contributed by atoms with Gasteiger partial charge in [-0.3, -0.25) is 0 Å². The number of carboxylic acid groups (broad SMARTS) is 1. The van der Waals surface area contributed by atoms with Gasteiger partial charge in [0.25, 0.3) is 0 Å². The number of phenolic OH excluding ortho intramolecular Hbond substituents is 1. The number of carboxylic acids is 1. The molecule has 0 amide bonds. The molecule has 0 atom stereocenters. The predicted molar refractivity (Wildman–Crippen MR) is 151 cm³/mol. The van der Waals surface area contributed by atoms with Gasteiger partial charge in [0, 0.05) is 0 Å². The minimum Gasteiger partial charge on any atom is -0.507 e. The first kappa shape index (κ1) is 26.4. The fourth-order valence-corrected chi connectivity index (χ4v) is 8.04. The molecule has 0 heterocycles. The number of hydrogen-bond donors (Lipinski definition) is 2. The second kappa shape index (κ2) is 11.3. The van der Waals surface area contributed by atoms with Gasteiger partial charge in [0.1, 0.15) is 11.5 Å². The molecule has 4 aliphatic rings. The van der Waals surface area contributed by atoms with E-state index in [1.54, 1.807) is 12.1 Å². The van der Waals surface area contributed by atoms with E-state index >= 15 is 0 Å². The van der Waals surface area contributed by atoms with E-state index in [4.69, 9.17) is 4.74 Å². The summed E-state index contributed by atoms with van der Waals surface area (Å²) in [4.78, 5) is 26.1. The Kier molecular flexibility index (Phi) is 7.68. The monoisotopic (exact) mass is 530 g/mol. The zero-order chi connectivity index (χ0) is 26.9. The topological polar surface area (TPSA) is 83.8 Å². The van der Waals surface area contributed by atoms with Crippen molar-refractivity contribution in [2.75, 3.05) is 0 Å². The third-order valence-electron chi connectivity index (χ3n) is 10.2. The number of benzene rings is 2.